The molecule has 2 fully saturated rings. The quantitative estimate of drug-likeness (QED) is 0.888. The van der Waals surface area contributed by atoms with Crippen molar-refractivity contribution in [2.45, 2.75) is 38.3 Å². The first kappa shape index (κ1) is 16.8. The van der Waals surface area contributed by atoms with Crippen molar-refractivity contribution in [2.75, 3.05) is 19.8 Å². The number of aromatic carboxylic acids is 1. The van der Waals surface area contributed by atoms with E-state index in [0.29, 0.717) is 18.5 Å². The topological polar surface area (TPSA) is 78.9 Å². The van der Waals surface area contributed by atoms with E-state index in [0.717, 1.165) is 51.0 Å². The SMILES string of the molecule is O=C(O)c1ccc(CNC(=O)N2CCCC2C2CCOCC2)cc1. The summed E-state index contributed by atoms with van der Waals surface area (Å²) in [5, 5.41) is 11.9. The van der Waals surface area contributed by atoms with Gasteiger partial charge in [-0.2, -0.15) is 0 Å². The number of carboxylic acid groups (broad SMARTS) is 1. The molecule has 1 atom stereocenters. The van der Waals surface area contributed by atoms with Crippen LogP contribution in [-0.2, 0) is 11.3 Å². The fourth-order valence-corrected chi connectivity index (χ4v) is 3.68. The number of nitrogens with one attached hydrogen (secondary N) is 1. The third-order valence-corrected chi connectivity index (χ3v) is 5.01. The van der Waals surface area contributed by atoms with E-state index in [-0.39, 0.29) is 11.6 Å². The number of carboxylic acids is 1. The minimum absolute atomic E-state index is 0.0219. The predicted molar refractivity (Wildman–Crippen MR) is 88.9 cm³/mol. The van der Waals surface area contributed by atoms with Gasteiger partial charge in [0.1, 0.15) is 0 Å². The molecule has 0 aromatic heterocycles. The van der Waals surface area contributed by atoms with Crippen molar-refractivity contribution in [2.24, 2.45) is 5.92 Å². The minimum Gasteiger partial charge on any atom is -0.478 e. The van der Waals surface area contributed by atoms with E-state index >= 15 is 0 Å². The van der Waals surface area contributed by atoms with Crippen molar-refractivity contribution in [3.63, 3.8) is 0 Å². The molecule has 2 N–H and O–H groups in total. The molecule has 3 rings (SSSR count). The highest BCUT2D eigenvalue weighted by Gasteiger charge is 2.35. The zero-order valence-corrected chi connectivity index (χ0v) is 13.7. The van der Waals surface area contributed by atoms with Gasteiger partial charge in [-0.15, -0.1) is 0 Å². The average Bonchev–Trinajstić information content (AvgIpc) is 3.10. The number of ether oxygens (including phenoxy) is 1. The Bertz CT molecular complexity index is 581. The van der Waals surface area contributed by atoms with Crippen LogP contribution < -0.4 is 5.32 Å². The van der Waals surface area contributed by atoms with E-state index in [9.17, 15) is 9.59 Å². The summed E-state index contributed by atoms with van der Waals surface area (Å²) >= 11 is 0. The monoisotopic (exact) mass is 332 g/mol. The number of amides is 2. The molecule has 1 unspecified atom stereocenters. The number of carbonyl (C=O) groups is 2. The molecule has 0 radical (unpaired) electrons. The van der Waals surface area contributed by atoms with Gasteiger partial charge in [-0.3, -0.25) is 0 Å². The number of hydrogen-bond donors (Lipinski definition) is 2. The van der Waals surface area contributed by atoms with E-state index in [1.807, 2.05) is 4.90 Å². The molecule has 2 amide bonds. The fourth-order valence-electron chi connectivity index (χ4n) is 3.68. The van der Waals surface area contributed by atoms with Gasteiger partial charge < -0.3 is 20.1 Å². The number of rotatable bonds is 4. The lowest BCUT2D eigenvalue weighted by Gasteiger charge is -2.34. The standard InChI is InChI=1S/C18H24N2O4/c21-17(22)15-5-3-13(4-6-15)12-19-18(23)20-9-1-2-16(20)14-7-10-24-11-8-14/h3-6,14,16H,1-2,7-12H2,(H,19,23)(H,21,22). The molecular weight excluding hydrogens is 308 g/mol. The molecule has 24 heavy (non-hydrogen) atoms. The Hall–Kier alpha value is -2.08. The highest BCUT2D eigenvalue weighted by atomic mass is 16.5. The summed E-state index contributed by atoms with van der Waals surface area (Å²) < 4.78 is 5.43. The summed E-state index contributed by atoms with van der Waals surface area (Å²) in [6, 6.07) is 6.90. The second kappa shape index (κ2) is 7.66. The second-order valence-electron chi connectivity index (χ2n) is 6.51. The van der Waals surface area contributed by atoms with Crippen LogP contribution in [0, 0.1) is 5.92 Å². The first-order valence-corrected chi connectivity index (χ1v) is 8.59. The Morgan fingerprint density at radius 2 is 1.88 bits per heavy atom. The fraction of sp³-hybridized carbons (Fsp3) is 0.556. The highest BCUT2D eigenvalue weighted by Crippen LogP contribution is 2.30. The predicted octanol–water partition coefficient (Wildman–Crippen LogP) is 2.49. The molecule has 0 spiro atoms. The number of hydrogen-bond acceptors (Lipinski definition) is 3. The number of likely N-dealkylation sites (tertiary alicyclic amines) is 1. The Morgan fingerprint density at radius 1 is 1.17 bits per heavy atom. The van der Waals surface area contributed by atoms with Crippen LogP contribution in [0.1, 0.15) is 41.6 Å². The van der Waals surface area contributed by atoms with Gasteiger partial charge in [-0.1, -0.05) is 12.1 Å². The summed E-state index contributed by atoms with van der Waals surface area (Å²) in [7, 11) is 0. The van der Waals surface area contributed by atoms with Crippen molar-refractivity contribution in [1.29, 1.82) is 0 Å². The molecule has 1 aromatic carbocycles. The third kappa shape index (κ3) is 3.87. The summed E-state index contributed by atoms with van der Waals surface area (Å²) in [5.74, 6) is -0.399. The van der Waals surface area contributed by atoms with Crippen LogP contribution in [0.4, 0.5) is 4.79 Å². The molecule has 6 nitrogen and oxygen atoms in total. The summed E-state index contributed by atoms with van der Waals surface area (Å²) in [6.45, 7) is 2.82. The molecule has 2 aliphatic heterocycles. The molecule has 2 saturated heterocycles. The Balaban J connectivity index is 1.54. The lowest BCUT2D eigenvalue weighted by atomic mass is 9.90. The van der Waals surface area contributed by atoms with E-state index in [2.05, 4.69) is 5.32 Å². The third-order valence-electron chi connectivity index (χ3n) is 5.01. The number of nitrogens with zero attached hydrogens (tertiary/aromatic N) is 1. The molecule has 0 aliphatic carbocycles. The van der Waals surface area contributed by atoms with Gasteiger partial charge in [0.15, 0.2) is 0 Å². The largest absolute Gasteiger partial charge is 0.478 e. The molecule has 1 aromatic rings. The zero-order chi connectivity index (χ0) is 16.9. The van der Waals surface area contributed by atoms with E-state index in [1.165, 1.54) is 0 Å². The van der Waals surface area contributed by atoms with E-state index in [4.69, 9.17) is 9.84 Å². The molecule has 6 heteroatoms. The van der Waals surface area contributed by atoms with Gasteiger partial charge in [-0.05, 0) is 49.3 Å². The first-order chi connectivity index (χ1) is 11.6. The smallest absolute Gasteiger partial charge is 0.335 e. The van der Waals surface area contributed by atoms with Gasteiger partial charge >= 0.3 is 12.0 Å². The molecular formula is C18H24N2O4. The molecule has 0 saturated carbocycles. The van der Waals surface area contributed by atoms with Gasteiger partial charge in [0.25, 0.3) is 0 Å². The van der Waals surface area contributed by atoms with E-state index < -0.39 is 5.97 Å². The van der Waals surface area contributed by atoms with Crippen LogP contribution in [0.5, 0.6) is 0 Å². The minimum atomic E-state index is -0.943. The van der Waals surface area contributed by atoms with Crippen LogP contribution in [0.15, 0.2) is 24.3 Å². The van der Waals surface area contributed by atoms with Crippen LogP contribution in [-0.4, -0.2) is 47.8 Å². The number of urea groups is 1. The Kier molecular flexibility index (Phi) is 5.35. The summed E-state index contributed by atoms with van der Waals surface area (Å²) in [5.41, 5.74) is 1.15. The Labute approximate surface area is 141 Å². The van der Waals surface area contributed by atoms with Crippen LogP contribution >= 0.6 is 0 Å². The lowest BCUT2D eigenvalue weighted by Crippen LogP contribution is -2.46. The number of benzene rings is 1. The summed E-state index contributed by atoms with van der Waals surface area (Å²) in [4.78, 5) is 25.4. The van der Waals surface area contributed by atoms with E-state index in [1.54, 1.807) is 24.3 Å². The van der Waals surface area contributed by atoms with Crippen molar-refractivity contribution in [3.8, 4) is 0 Å². The second-order valence-corrected chi connectivity index (χ2v) is 6.51. The van der Waals surface area contributed by atoms with Crippen molar-refractivity contribution in [1.82, 2.24) is 10.2 Å². The maximum Gasteiger partial charge on any atom is 0.335 e. The van der Waals surface area contributed by atoms with Crippen molar-refractivity contribution in [3.05, 3.63) is 35.4 Å². The lowest BCUT2D eigenvalue weighted by molar-refractivity contribution is 0.0418. The van der Waals surface area contributed by atoms with Crippen LogP contribution in [0.25, 0.3) is 0 Å². The maximum atomic E-state index is 12.5. The van der Waals surface area contributed by atoms with Crippen molar-refractivity contribution >= 4 is 12.0 Å². The van der Waals surface area contributed by atoms with Gasteiger partial charge in [0, 0.05) is 32.3 Å². The normalized spacial score (nSPS) is 21.7. The zero-order valence-electron chi connectivity index (χ0n) is 13.7. The number of carbonyl (C=O) groups excluding carboxylic acids is 1. The molecule has 2 aliphatic rings. The molecule has 0 bridgehead atoms. The van der Waals surface area contributed by atoms with Gasteiger partial charge in [0.05, 0.1) is 5.56 Å². The first-order valence-electron chi connectivity index (χ1n) is 8.59. The average molecular weight is 332 g/mol. The van der Waals surface area contributed by atoms with Crippen molar-refractivity contribution < 1.29 is 19.4 Å². The Morgan fingerprint density at radius 3 is 2.54 bits per heavy atom. The maximum absolute atomic E-state index is 12.5. The molecule has 2 heterocycles. The highest BCUT2D eigenvalue weighted by molar-refractivity contribution is 5.87. The summed E-state index contributed by atoms with van der Waals surface area (Å²) in [6.07, 6.45) is 4.20. The van der Waals surface area contributed by atoms with Crippen LogP contribution in [0.2, 0.25) is 0 Å². The van der Waals surface area contributed by atoms with Gasteiger partial charge in [0.2, 0.25) is 0 Å². The molecule has 130 valence electrons. The van der Waals surface area contributed by atoms with Gasteiger partial charge in [-0.25, -0.2) is 9.59 Å². The van der Waals surface area contributed by atoms with Crippen LogP contribution in [0.3, 0.4) is 0 Å².